The van der Waals surface area contributed by atoms with Crippen LogP contribution in [0.2, 0.25) is 25.1 Å². The zero-order chi connectivity index (χ0) is 21.0. The minimum atomic E-state index is 0.248. The van der Waals surface area contributed by atoms with Gasteiger partial charge in [-0.1, -0.05) is 64.1 Å². The van der Waals surface area contributed by atoms with Gasteiger partial charge in [-0.2, -0.15) is 0 Å². The number of nitrogens with one attached hydrogen (secondary N) is 1. The van der Waals surface area contributed by atoms with E-state index < -0.39 is 0 Å². The maximum Gasteiger partial charge on any atom is 0.163 e. The van der Waals surface area contributed by atoms with E-state index in [-0.39, 0.29) is 6.61 Å². The maximum atomic E-state index is 6.45. The summed E-state index contributed by atoms with van der Waals surface area (Å²) in [5.41, 5.74) is 2.33. The van der Waals surface area contributed by atoms with Gasteiger partial charge in [-0.3, -0.25) is 0 Å². The first-order valence-electron chi connectivity index (χ1n) is 8.49. The molecule has 0 fully saturated rings. The molecule has 3 aromatic carbocycles. The highest BCUT2D eigenvalue weighted by atomic mass is 35.5. The highest BCUT2D eigenvalue weighted by Crippen LogP contribution is 2.35. The SMILES string of the molecule is COc1cc(CNc2cc(Cl)ccc2Cl)c(Cl)cc1OCc1ccc(Cl)cc1Cl. The fraction of sp³-hybridized carbons (Fsp3) is 0.143. The second-order valence-corrected chi connectivity index (χ2v) is 8.19. The Morgan fingerprint density at radius 1 is 0.724 bits per heavy atom. The number of halogens is 5. The van der Waals surface area contributed by atoms with Crippen molar-refractivity contribution in [3.05, 3.63) is 84.8 Å². The molecule has 0 spiro atoms. The molecule has 0 saturated carbocycles. The van der Waals surface area contributed by atoms with Crippen LogP contribution in [-0.2, 0) is 13.2 Å². The second-order valence-electron chi connectivity index (χ2n) is 6.10. The number of hydrogen-bond donors (Lipinski definition) is 1. The van der Waals surface area contributed by atoms with E-state index in [2.05, 4.69) is 5.32 Å². The number of rotatable bonds is 7. The second kappa shape index (κ2) is 10.0. The van der Waals surface area contributed by atoms with Crippen LogP contribution in [0.4, 0.5) is 5.69 Å². The highest BCUT2D eigenvalue weighted by molar-refractivity contribution is 6.35. The van der Waals surface area contributed by atoms with Crippen molar-refractivity contribution in [3.63, 3.8) is 0 Å². The summed E-state index contributed by atoms with van der Waals surface area (Å²) >= 11 is 30.8. The lowest BCUT2D eigenvalue weighted by molar-refractivity contribution is 0.284. The van der Waals surface area contributed by atoms with E-state index in [0.29, 0.717) is 48.8 Å². The van der Waals surface area contributed by atoms with E-state index in [1.807, 2.05) is 12.1 Å². The monoisotopic (exact) mass is 489 g/mol. The van der Waals surface area contributed by atoms with Gasteiger partial charge in [0.2, 0.25) is 0 Å². The van der Waals surface area contributed by atoms with E-state index in [0.717, 1.165) is 11.1 Å². The number of anilines is 1. The predicted molar refractivity (Wildman–Crippen MR) is 123 cm³/mol. The van der Waals surface area contributed by atoms with Crippen molar-refractivity contribution < 1.29 is 9.47 Å². The smallest absolute Gasteiger partial charge is 0.163 e. The summed E-state index contributed by atoms with van der Waals surface area (Å²) in [6.07, 6.45) is 0. The van der Waals surface area contributed by atoms with Crippen LogP contribution in [0, 0.1) is 0 Å². The Kier molecular flexibility index (Phi) is 7.66. The van der Waals surface area contributed by atoms with Crippen molar-refractivity contribution in [2.75, 3.05) is 12.4 Å². The molecule has 0 atom stereocenters. The van der Waals surface area contributed by atoms with Gasteiger partial charge in [0.15, 0.2) is 11.5 Å². The minimum absolute atomic E-state index is 0.248. The average Bonchev–Trinajstić information content (AvgIpc) is 2.69. The van der Waals surface area contributed by atoms with Crippen LogP contribution in [-0.4, -0.2) is 7.11 Å². The van der Waals surface area contributed by atoms with Crippen molar-refractivity contribution in [3.8, 4) is 11.5 Å². The fourth-order valence-electron chi connectivity index (χ4n) is 2.60. The van der Waals surface area contributed by atoms with Crippen LogP contribution >= 0.6 is 58.0 Å². The van der Waals surface area contributed by atoms with Gasteiger partial charge in [0.25, 0.3) is 0 Å². The molecule has 3 rings (SSSR count). The molecule has 0 unspecified atom stereocenters. The molecule has 0 bridgehead atoms. The Labute approximate surface area is 194 Å². The predicted octanol–water partition coefficient (Wildman–Crippen LogP) is 8.15. The molecular weight excluding hydrogens is 476 g/mol. The summed E-state index contributed by atoms with van der Waals surface area (Å²) in [7, 11) is 1.57. The van der Waals surface area contributed by atoms with Crippen LogP contribution in [0.3, 0.4) is 0 Å². The molecule has 0 heterocycles. The van der Waals surface area contributed by atoms with Gasteiger partial charge < -0.3 is 14.8 Å². The van der Waals surface area contributed by atoms with Crippen molar-refractivity contribution in [2.45, 2.75) is 13.2 Å². The van der Waals surface area contributed by atoms with E-state index in [1.165, 1.54) is 0 Å². The number of methoxy groups -OCH3 is 1. The largest absolute Gasteiger partial charge is 0.493 e. The van der Waals surface area contributed by atoms with Gasteiger partial charge in [-0.15, -0.1) is 0 Å². The van der Waals surface area contributed by atoms with Crippen molar-refractivity contribution in [2.24, 2.45) is 0 Å². The minimum Gasteiger partial charge on any atom is -0.493 e. The third-order valence-electron chi connectivity index (χ3n) is 4.13. The van der Waals surface area contributed by atoms with E-state index in [1.54, 1.807) is 43.5 Å². The van der Waals surface area contributed by atoms with Crippen LogP contribution in [0.25, 0.3) is 0 Å². The molecule has 0 saturated heterocycles. The summed E-state index contributed by atoms with van der Waals surface area (Å²) in [6.45, 7) is 0.678. The Balaban J connectivity index is 1.75. The van der Waals surface area contributed by atoms with Gasteiger partial charge in [-0.05, 0) is 42.0 Å². The average molecular weight is 492 g/mol. The molecule has 3 aromatic rings. The zero-order valence-corrected chi connectivity index (χ0v) is 19.0. The quantitative estimate of drug-likeness (QED) is 0.362. The summed E-state index contributed by atoms with van der Waals surface area (Å²) in [5, 5.41) is 6.00. The molecule has 0 aliphatic heterocycles. The molecule has 8 heteroatoms. The topological polar surface area (TPSA) is 30.5 Å². The molecule has 0 aliphatic rings. The Morgan fingerprint density at radius 3 is 2.14 bits per heavy atom. The van der Waals surface area contributed by atoms with Crippen LogP contribution < -0.4 is 14.8 Å². The van der Waals surface area contributed by atoms with E-state index in [4.69, 9.17) is 67.5 Å². The molecule has 152 valence electrons. The number of hydrogen-bond acceptors (Lipinski definition) is 3. The first-order chi connectivity index (χ1) is 13.9. The molecule has 29 heavy (non-hydrogen) atoms. The molecule has 3 nitrogen and oxygen atoms in total. The molecule has 0 aromatic heterocycles. The molecule has 0 amide bonds. The maximum absolute atomic E-state index is 6.45. The lowest BCUT2D eigenvalue weighted by Crippen LogP contribution is -2.03. The highest BCUT2D eigenvalue weighted by Gasteiger charge is 2.13. The summed E-state index contributed by atoms with van der Waals surface area (Å²) in [6, 6.07) is 14.0. The zero-order valence-electron chi connectivity index (χ0n) is 15.2. The van der Waals surface area contributed by atoms with E-state index >= 15 is 0 Å². The van der Waals surface area contributed by atoms with Crippen molar-refractivity contribution in [1.82, 2.24) is 0 Å². The van der Waals surface area contributed by atoms with Crippen LogP contribution in [0.1, 0.15) is 11.1 Å². The molecule has 0 aliphatic carbocycles. The normalized spacial score (nSPS) is 10.7. The van der Waals surface area contributed by atoms with Crippen LogP contribution in [0.15, 0.2) is 48.5 Å². The Hall–Kier alpha value is -1.49. The van der Waals surface area contributed by atoms with Gasteiger partial charge in [-0.25, -0.2) is 0 Å². The lowest BCUT2D eigenvalue weighted by atomic mass is 10.2. The summed E-state index contributed by atoms with van der Waals surface area (Å²) in [5.74, 6) is 1.06. The first-order valence-corrected chi connectivity index (χ1v) is 10.4. The lowest BCUT2D eigenvalue weighted by Gasteiger charge is -2.15. The van der Waals surface area contributed by atoms with Gasteiger partial charge in [0.1, 0.15) is 6.61 Å². The molecule has 1 N–H and O–H groups in total. The Morgan fingerprint density at radius 2 is 1.41 bits per heavy atom. The molecular formula is C21H16Cl5NO2. The number of ether oxygens (including phenoxy) is 2. The first kappa shape index (κ1) is 22.2. The molecule has 0 radical (unpaired) electrons. The Bertz CT molecular complexity index is 1030. The third-order valence-corrected chi connectivity index (χ3v) is 5.63. The third kappa shape index (κ3) is 5.78. The van der Waals surface area contributed by atoms with Crippen LogP contribution in [0.5, 0.6) is 11.5 Å². The number of benzene rings is 3. The summed E-state index contributed by atoms with van der Waals surface area (Å²) < 4.78 is 11.3. The summed E-state index contributed by atoms with van der Waals surface area (Å²) in [4.78, 5) is 0. The van der Waals surface area contributed by atoms with Gasteiger partial charge in [0.05, 0.1) is 17.8 Å². The standard InChI is InChI=1S/C21H16Cl5NO2/c1-28-20-6-13(10-27-19-8-15(23)4-5-16(19)24)18(26)9-21(20)29-11-12-2-3-14(22)7-17(12)25/h2-9,27H,10-11H2,1H3. The van der Waals surface area contributed by atoms with E-state index in [9.17, 15) is 0 Å². The van der Waals surface area contributed by atoms with Gasteiger partial charge in [0, 0.05) is 38.3 Å². The van der Waals surface area contributed by atoms with Crippen molar-refractivity contribution >= 4 is 63.7 Å². The van der Waals surface area contributed by atoms with Gasteiger partial charge >= 0.3 is 0 Å². The van der Waals surface area contributed by atoms with Crippen molar-refractivity contribution in [1.29, 1.82) is 0 Å². The fourth-order valence-corrected chi connectivity index (χ4v) is 3.64.